The number of rotatable bonds is 7. The van der Waals surface area contributed by atoms with Crippen LogP contribution in [0.5, 0.6) is 0 Å². The number of sulfonamides is 1. The highest BCUT2D eigenvalue weighted by Crippen LogP contribution is 2.28. The summed E-state index contributed by atoms with van der Waals surface area (Å²) in [6.07, 6.45) is 3.51. The van der Waals surface area contributed by atoms with Crippen molar-refractivity contribution >= 4 is 27.5 Å². The minimum atomic E-state index is -3.32. The Morgan fingerprint density at radius 1 is 1.33 bits per heavy atom. The van der Waals surface area contributed by atoms with E-state index in [2.05, 4.69) is 5.32 Å². The summed E-state index contributed by atoms with van der Waals surface area (Å²) >= 11 is 5.80. The lowest BCUT2D eigenvalue weighted by Crippen LogP contribution is -2.41. The zero-order chi connectivity index (χ0) is 15.5. The molecule has 1 aromatic carbocycles. The van der Waals surface area contributed by atoms with Crippen LogP contribution in [0.2, 0.25) is 5.02 Å². The number of nitrogens with one attached hydrogen (secondary N) is 1. The standard InChI is InChI=1S/C14H19ClN2O3S/c1-21(19,20)17(13-6-7-13)10-14(18)16-9-8-11-2-4-12(15)5-3-11/h2-5,13H,6-10H2,1H3,(H,16,18). The van der Waals surface area contributed by atoms with Crippen molar-refractivity contribution in [1.29, 1.82) is 0 Å². The van der Waals surface area contributed by atoms with Crippen molar-refractivity contribution in [3.63, 3.8) is 0 Å². The number of halogens is 1. The Morgan fingerprint density at radius 2 is 1.95 bits per heavy atom. The summed E-state index contributed by atoms with van der Waals surface area (Å²) in [6.45, 7) is 0.382. The predicted octanol–water partition coefficient (Wildman–Crippen LogP) is 1.42. The van der Waals surface area contributed by atoms with Gasteiger partial charge in [0, 0.05) is 17.6 Å². The Bertz CT molecular complexity index is 597. The first-order valence-corrected chi connectivity index (χ1v) is 9.07. The van der Waals surface area contributed by atoms with Crippen molar-refractivity contribution in [3.8, 4) is 0 Å². The van der Waals surface area contributed by atoms with Crippen molar-refractivity contribution in [1.82, 2.24) is 9.62 Å². The van der Waals surface area contributed by atoms with Gasteiger partial charge in [0.05, 0.1) is 12.8 Å². The Hall–Kier alpha value is -1.11. The number of carbonyl (C=O) groups is 1. The van der Waals surface area contributed by atoms with Crippen molar-refractivity contribution in [2.24, 2.45) is 0 Å². The summed E-state index contributed by atoms with van der Waals surface area (Å²) < 4.78 is 24.5. The molecule has 116 valence electrons. The van der Waals surface area contributed by atoms with E-state index in [9.17, 15) is 13.2 Å². The minimum absolute atomic E-state index is 0.00187. The van der Waals surface area contributed by atoms with E-state index in [1.165, 1.54) is 4.31 Å². The molecule has 0 saturated heterocycles. The number of hydrogen-bond acceptors (Lipinski definition) is 3. The monoisotopic (exact) mass is 330 g/mol. The molecule has 1 fully saturated rings. The molecule has 1 N–H and O–H groups in total. The second-order valence-electron chi connectivity index (χ2n) is 5.27. The van der Waals surface area contributed by atoms with Gasteiger partial charge < -0.3 is 5.32 Å². The first-order valence-electron chi connectivity index (χ1n) is 6.84. The van der Waals surface area contributed by atoms with Gasteiger partial charge in [-0.05, 0) is 37.0 Å². The highest BCUT2D eigenvalue weighted by molar-refractivity contribution is 7.88. The molecule has 0 spiro atoms. The number of carbonyl (C=O) groups excluding carboxylic acids is 1. The Balaban J connectivity index is 1.78. The van der Waals surface area contributed by atoms with E-state index in [-0.39, 0.29) is 18.5 Å². The van der Waals surface area contributed by atoms with E-state index in [4.69, 9.17) is 11.6 Å². The van der Waals surface area contributed by atoms with Crippen LogP contribution in [0.4, 0.5) is 0 Å². The molecule has 1 aliphatic rings. The third-order valence-corrected chi connectivity index (χ3v) is 4.86. The maximum absolute atomic E-state index is 11.8. The SMILES string of the molecule is CS(=O)(=O)N(CC(=O)NCCc1ccc(Cl)cc1)C1CC1. The van der Waals surface area contributed by atoms with Gasteiger partial charge >= 0.3 is 0 Å². The number of amides is 1. The second-order valence-corrected chi connectivity index (χ2v) is 7.64. The van der Waals surface area contributed by atoms with Crippen LogP contribution in [-0.4, -0.2) is 44.0 Å². The molecule has 1 amide bonds. The lowest BCUT2D eigenvalue weighted by atomic mass is 10.1. The van der Waals surface area contributed by atoms with Crippen LogP contribution in [0.3, 0.4) is 0 Å². The molecule has 2 rings (SSSR count). The molecular formula is C14H19ClN2O3S. The van der Waals surface area contributed by atoms with Gasteiger partial charge in [-0.2, -0.15) is 4.31 Å². The molecule has 7 heteroatoms. The first-order chi connectivity index (χ1) is 9.86. The van der Waals surface area contributed by atoms with Gasteiger partial charge in [-0.3, -0.25) is 4.79 Å². The van der Waals surface area contributed by atoms with Crippen LogP contribution in [0, 0.1) is 0 Å². The molecule has 0 atom stereocenters. The molecule has 5 nitrogen and oxygen atoms in total. The average molecular weight is 331 g/mol. The molecule has 1 aliphatic carbocycles. The lowest BCUT2D eigenvalue weighted by Gasteiger charge is -2.18. The van der Waals surface area contributed by atoms with Crippen molar-refractivity contribution in [3.05, 3.63) is 34.9 Å². The smallest absolute Gasteiger partial charge is 0.235 e. The molecular weight excluding hydrogens is 312 g/mol. The van der Waals surface area contributed by atoms with E-state index < -0.39 is 10.0 Å². The molecule has 0 bridgehead atoms. The third-order valence-electron chi connectivity index (χ3n) is 3.33. The van der Waals surface area contributed by atoms with Gasteiger partial charge in [0.25, 0.3) is 0 Å². The van der Waals surface area contributed by atoms with Crippen molar-refractivity contribution in [2.75, 3.05) is 19.3 Å². The predicted molar refractivity (Wildman–Crippen MR) is 82.7 cm³/mol. The Labute approximate surface area is 130 Å². The van der Waals surface area contributed by atoms with Gasteiger partial charge in [-0.1, -0.05) is 23.7 Å². The molecule has 1 aromatic rings. The maximum Gasteiger partial charge on any atom is 0.235 e. The molecule has 21 heavy (non-hydrogen) atoms. The highest BCUT2D eigenvalue weighted by atomic mass is 35.5. The Morgan fingerprint density at radius 3 is 2.48 bits per heavy atom. The minimum Gasteiger partial charge on any atom is -0.355 e. The summed E-state index contributed by atoms with van der Waals surface area (Å²) in [6, 6.07) is 7.42. The summed E-state index contributed by atoms with van der Waals surface area (Å²) in [5.41, 5.74) is 1.07. The zero-order valence-electron chi connectivity index (χ0n) is 11.9. The number of benzene rings is 1. The fourth-order valence-corrected chi connectivity index (χ4v) is 3.30. The molecule has 0 aromatic heterocycles. The van der Waals surface area contributed by atoms with Gasteiger partial charge in [-0.25, -0.2) is 8.42 Å². The maximum atomic E-state index is 11.8. The number of nitrogens with zero attached hydrogens (tertiary/aromatic N) is 1. The van der Waals surface area contributed by atoms with E-state index in [0.717, 1.165) is 24.7 Å². The van der Waals surface area contributed by atoms with E-state index >= 15 is 0 Å². The van der Waals surface area contributed by atoms with Gasteiger partial charge in [0.1, 0.15) is 0 Å². The summed E-state index contributed by atoms with van der Waals surface area (Å²) in [5, 5.41) is 3.43. The molecule has 1 saturated carbocycles. The molecule has 0 unspecified atom stereocenters. The zero-order valence-corrected chi connectivity index (χ0v) is 13.5. The van der Waals surface area contributed by atoms with Crippen LogP contribution in [0.25, 0.3) is 0 Å². The second kappa shape index (κ2) is 6.77. The van der Waals surface area contributed by atoms with E-state index in [1.807, 2.05) is 12.1 Å². The van der Waals surface area contributed by atoms with Crippen molar-refractivity contribution < 1.29 is 13.2 Å². The first kappa shape index (κ1) is 16.3. The quantitative estimate of drug-likeness (QED) is 0.822. The third kappa shape index (κ3) is 5.30. The highest BCUT2D eigenvalue weighted by Gasteiger charge is 2.36. The van der Waals surface area contributed by atoms with E-state index in [1.54, 1.807) is 12.1 Å². The molecule has 0 radical (unpaired) electrons. The topological polar surface area (TPSA) is 66.5 Å². The van der Waals surface area contributed by atoms with E-state index in [0.29, 0.717) is 18.0 Å². The molecule has 0 aliphatic heterocycles. The fourth-order valence-electron chi connectivity index (χ4n) is 2.07. The summed E-state index contributed by atoms with van der Waals surface area (Å²) in [5.74, 6) is -0.263. The van der Waals surface area contributed by atoms with Crippen LogP contribution in [0.15, 0.2) is 24.3 Å². The van der Waals surface area contributed by atoms with Crippen molar-refractivity contribution in [2.45, 2.75) is 25.3 Å². The Kier molecular flexibility index (Phi) is 5.24. The average Bonchev–Trinajstić information content (AvgIpc) is 3.21. The summed E-state index contributed by atoms with van der Waals surface area (Å²) in [4.78, 5) is 11.8. The van der Waals surface area contributed by atoms with Crippen LogP contribution in [-0.2, 0) is 21.2 Å². The van der Waals surface area contributed by atoms with Gasteiger partial charge in [-0.15, -0.1) is 0 Å². The fraction of sp³-hybridized carbons (Fsp3) is 0.500. The van der Waals surface area contributed by atoms with Crippen LogP contribution >= 0.6 is 11.6 Å². The molecule has 0 heterocycles. The number of hydrogen-bond donors (Lipinski definition) is 1. The largest absolute Gasteiger partial charge is 0.355 e. The lowest BCUT2D eigenvalue weighted by molar-refractivity contribution is -0.121. The van der Waals surface area contributed by atoms with Gasteiger partial charge in [0.15, 0.2) is 0 Å². The normalized spacial score (nSPS) is 15.2. The summed E-state index contributed by atoms with van der Waals surface area (Å²) in [7, 11) is -3.32. The van der Waals surface area contributed by atoms with Crippen LogP contribution in [0.1, 0.15) is 18.4 Å². The van der Waals surface area contributed by atoms with Gasteiger partial charge in [0.2, 0.25) is 15.9 Å². The van der Waals surface area contributed by atoms with Crippen LogP contribution < -0.4 is 5.32 Å².